The number of fused-ring (bicyclic) bond motifs is 1. The quantitative estimate of drug-likeness (QED) is 0.620. The second kappa shape index (κ2) is 5.10. The van der Waals surface area contributed by atoms with Crippen LogP contribution in [-0.2, 0) is 0 Å². The number of rotatable bonds is 0. The summed E-state index contributed by atoms with van der Waals surface area (Å²) >= 11 is 0. The predicted octanol–water partition coefficient (Wildman–Crippen LogP) is 1.57. The van der Waals surface area contributed by atoms with Crippen molar-refractivity contribution < 1.29 is 0 Å². The molecule has 4 atom stereocenters. The first-order valence-corrected chi connectivity index (χ1v) is 5.96. The molecule has 2 aliphatic heterocycles. The third-order valence-electron chi connectivity index (χ3n) is 3.06. The van der Waals surface area contributed by atoms with Gasteiger partial charge in [0.2, 0.25) is 0 Å². The average Bonchev–Trinajstić information content (AvgIpc) is 2.52. The maximum Gasteiger partial charge on any atom is 0.0776 e. The van der Waals surface area contributed by atoms with Crippen molar-refractivity contribution >= 4 is 0 Å². The van der Waals surface area contributed by atoms with Crippen molar-refractivity contribution in [3.05, 3.63) is 0 Å². The Bertz CT molecular complexity index is 172. The van der Waals surface area contributed by atoms with Gasteiger partial charge in [-0.05, 0) is 26.2 Å². The lowest BCUT2D eigenvalue weighted by atomic mass is 10.0. The molecule has 0 spiro atoms. The lowest BCUT2D eigenvalue weighted by Gasteiger charge is -2.40. The molecular formula is C11H25N3. The zero-order valence-electron chi connectivity index (χ0n) is 10.2. The molecule has 2 N–H and O–H groups in total. The molecule has 14 heavy (non-hydrogen) atoms. The Kier molecular flexibility index (Phi) is 4.35. The molecule has 4 unspecified atom stereocenters. The number of hydrazine groups is 1. The summed E-state index contributed by atoms with van der Waals surface area (Å²) in [7, 11) is 0. The summed E-state index contributed by atoms with van der Waals surface area (Å²) in [4.78, 5) is 0. The summed E-state index contributed by atoms with van der Waals surface area (Å²) in [6.07, 6.45) is 1.81. The molecule has 3 heteroatoms. The van der Waals surface area contributed by atoms with Crippen molar-refractivity contribution in [1.29, 1.82) is 0 Å². The molecule has 3 nitrogen and oxygen atoms in total. The van der Waals surface area contributed by atoms with E-state index in [1.807, 2.05) is 13.8 Å². The fourth-order valence-corrected chi connectivity index (χ4v) is 2.39. The number of hydrogen-bond acceptors (Lipinski definition) is 3. The standard InChI is InChI=1S/C9H19N3.C2H6/c1-6-5-10-12-8(3)4-7(2)11-9(6)12;1-2/h6-11H,4-5H2,1-3H3;1-2H3. The molecule has 0 amide bonds. The van der Waals surface area contributed by atoms with Crippen LogP contribution in [0.2, 0.25) is 0 Å². The van der Waals surface area contributed by atoms with Crippen molar-refractivity contribution in [2.45, 2.75) is 59.3 Å². The predicted molar refractivity (Wildman–Crippen MR) is 60.8 cm³/mol. The van der Waals surface area contributed by atoms with E-state index in [1.54, 1.807) is 0 Å². The Morgan fingerprint density at radius 3 is 2.43 bits per heavy atom. The minimum absolute atomic E-state index is 0.559. The summed E-state index contributed by atoms with van der Waals surface area (Å²) in [5.74, 6) is 0.732. The molecule has 0 radical (unpaired) electrons. The van der Waals surface area contributed by atoms with Gasteiger partial charge in [-0.25, -0.2) is 5.01 Å². The average molecular weight is 199 g/mol. The van der Waals surface area contributed by atoms with Crippen LogP contribution in [0.5, 0.6) is 0 Å². The first-order valence-electron chi connectivity index (χ1n) is 5.96. The summed E-state index contributed by atoms with van der Waals surface area (Å²) in [6, 6.07) is 1.35. The highest BCUT2D eigenvalue weighted by molar-refractivity contribution is 4.90. The molecule has 0 aromatic heterocycles. The fraction of sp³-hybridized carbons (Fsp3) is 1.00. The second-order valence-corrected chi connectivity index (χ2v) is 4.34. The van der Waals surface area contributed by atoms with Crippen LogP contribution in [0, 0.1) is 5.92 Å². The van der Waals surface area contributed by atoms with E-state index in [1.165, 1.54) is 6.42 Å². The van der Waals surface area contributed by atoms with Crippen LogP contribution >= 0.6 is 0 Å². The van der Waals surface area contributed by atoms with Crippen LogP contribution in [0.4, 0.5) is 0 Å². The van der Waals surface area contributed by atoms with Crippen LogP contribution < -0.4 is 10.7 Å². The Morgan fingerprint density at radius 1 is 1.14 bits per heavy atom. The van der Waals surface area contributed by atoms with E-state index in [-0.39, 0.29) is 0 Å². The van der Waals surface area contributed by atoms with Crippen molar-refractivity contribution in [3.63, 3.8) is 0 Å². The lowest BCUT2D eigenvalue weighted by Crippen LogP contribution is -2.59. The largest absolute Gasteiger partial charge is 0.298 e. The van der Waals surface area contributed by atoms with Crippen LogP contribution in [0.3, 0.4) is 0 Å². The van der Waals surface area contributed by atoms with Crippen molar-refractivity contribution in [3.8, 4) is 0 Å². The van der Waals surface area contributed by atoms with Gasteiger partial charge in [-0.1, -0.05) is 20.8 Å². The number of nitrogens with one attached hydrogen (secondary N) is 2. The lowest BCUT2D eigenvalue weighted by molar-refractivity contribution is 0.0438. The van der Waals surface area contributed by atoms with Crippen LogP contribution in [-0.4, -0.2) is 29.8 Å². The Balaban J connectivity index is 0.000000461. The SMILES string of the molecule is CC.CC1CC(C)N2NCC(C)C2N1. The molecule has 2 saturated heterocycles. The molecule has 0 aliphatic carbocycles. The van der Waals surface area contributed by atoms with Gasteiger partial charge in [0.15, 0.2) is 0 Å². The molecule has 0 bridgehead atoms. The van der Waals surface area contributed by atoms with Gasteiger partial charge in [-0.3, -0.25) is 10.7 Å². The van der Waals surface area contributed by atoms with E-state index >= 15 is 0 Å². The molecule has 0 aromatic rings. The molecule has 2 fully saturated rings. The maximum atomic E-state index is 3.62. The van der Waals surface area contributed by atoms with E-state index in [0.717, 1.165) is 12.5 Å². The third-order valence-corrected chi connectivity index (χ3v) is 3.06. The van der Waals surface area contributed by atoms with Gasteiger partial charge in [-0.2, -0.15) is 0 Å². The van der Waals surface area contributed by atoms with E-state index in [9.17, 15) is 0 Å². The summed E-state index contributed by atoms with van der Waals surface area (Å²) in [5.41, 5.74) is 3.45. The summed E-state index contributed by atoms with van der Waals surface area (Å²) in [5, 5.41) is 6.00. The summed E-state index contributed by atoms with van der Waals surface area (Å²) < 4.78 is 0. The summed E-state index contributed by atoms with van der Waals surface area (Å²) in [6.45, 7) is 12.0. The Labute approximate surface area is 88.2 Å². The molecule has 2 heterocycles. The minimum Gasteiger partial charge on any atom is -0.298 e. The van der Waals surface area contributed by atoms with Crippen LogP contribution in [0.1, 0.15) is 41.0 Å². The Morgan fingerprint density at radius 2 is 1.79 bits per heavy atom. The highest BCUT2D eigenvalue weighted by Crippen LogP contribution is 2.23. The zero-order chi connectivity index (χ0) is 10.7. The third kappa shape index (κ3) is 2.27. The van der Waals surface area contributed by atoms with Gasteiger partial charge < -0.3 is 0 Å². The van der Waals surface area contributed by atoms with Gasteiger partial charge in [0.25, 0.3) is 0 Å². The fourth-order valence-electron chi connectivity index (χ4n) is 2.39. The molecule has 0 aromatic carbocycles. The van der Waals surface area contributed by atoms with Gasteiger partial charge in [0, 0.05) is 18.6 Å². The van der Waals surface area contributed by atoms with Gasteiger partial charge in [0.05, 0.1) is 6.17 Å². The van der Waals surface area contributed by atoms with E-state index in [0.29, 0.717) is 18.2 Å². The van der Waals surface area contributed by atoms with Crippen molar-refractivity contribution in [2.75, 3.05) is 6.54 Å². The molecular weight excluding hydrogens is 174 g/mol. The first-order chi connectivity index (χ1) is 6.68. The molecule has 2 rings (SSSR count). The van der Waals surface area contributed by atoms with Crippen molar-refractivity contribution in [2.24, 2.45) is 5.92 Å². The van der Waals surface area contributed by atoms with E-state index in [4.69, 9.17) is 0 Å². The van der Waals surface area contributed by atoms with Gasteiger partial charge >= 0.3 is 0 Å². The second-order valence-electron chi connectivity index (χ2n) is 4.34. The molecule has 84 valence electrons. The smallest absolute Gasteiger partial charge is 0.0776 e. The molecule has 2 aliphatic rings. The monoisotopic (exact) mass is 199 g/mol. The van der Waals surface area contributed by atoms with E-state index in [2.05, 4.69) is 36.5 Å². The van der Waals surface area contributed by atoms with Gasteiger partial charge in [-0.15, -0.1) is 0 Å². The highest BCUT2D eigenvalue weighted by Gasteiger charge is 2.38. The normalized spacial score (nSPS) is 42.6. The topological polar surface area (TPSA) is 27.3 Å². The first kappa shape index (κ1) is 12.0. The van der Waals surface area contributed by atoms with Crippen LogP contribution in [0.25, 0.3) is 0 Å². The van der Waals surface area contributed by atoms with E-state index < -0.39 is 0 Å². The maximum absolute atomic E-state index is 3.62. The molecule has 0 saturated carbocycles. The Hall–Kier alpha value is -0.120. The van der Waals surface area contributed by atoms with Crippen molar-refractivity contribution in [1.82, 2.24) is 15.8 Å². The zero-order valence-corrected chi connectivity index (χ0v) is 10.2. The minimum atomic E-state index is 0.559. The van der Waals surface area contributed by atoms with Gasteiger partial charge in [0.1, 0.15) is 0 Å². The highest BCUT2D eigenvalue weighted by atomic mass is 15.6. The number of hydrogen-bond donors (Lipinski definition) is 2. The number of nitrogens with zero attached hydrogens (tertiary/aromatic N) is 1. The van der Waals surface area contributed by atoms with Crippen LogP contribution in [0.15, 0.2) is 0 Å².